The van der Waals surface area contributed by atoms with Crippen molar-refractivity contribution in [3.05, 3.63) is 45.7 Å². The van der Waals surface area contributed by atoms with Crippen LogP contribution in [0.15, 0.2) is 29.1 Å². The van der Waals surface area contributed by atoms with E-state index in [4.69, 9.17) is 4.74 Å². The zero-order valence-electron chi connectivity index (χ0n) is 17.5. The van der Waals surface area contributed by atoms with E-state index >= 15 is 0 Å². The lowest BCUT2D eigenvalue weighted by atomic mass is 9.96. The zero-order valence-corrected chi connectivity index (χ0v) is 17.5. The van der Waals surface area contributed by atoms with Gasteiger partial charge >= 0.3 is 6.09 Å². The molecule has 2 heterocycles. The number of piperidine rings is 1. The van der Waals surface area contributed by atoms with Gasteiger partial charge in [-0.1, -0.05) is 11.6 Å². The number of carbonyl (C=O) groups excluding carboxylic acids is 2. The molecule has 0 bridgehead atoms. The number of rotatable bonds is 3. The summed E-state index contributed by atoms with van der Waals surface area (Å²) in [6.45, 7) is 8.66. The molecule has 1 aromatic heterocycles. The summed E-state index contributed by atoms with van der Waals surface area (Å²) in [6.07, 6.45) is 0.825. The molecule has 0 unspecified atom stereocenters. The summed E-state index contributed by atoms with van der Waals surface area (Å²) in [5, 5.41) is 3.82. The van der Waals surface area contributed by atoms with Gasteiger partial charge < -0.3 is 19.9 Å². The largest absolute Gasteiger partial charge is 0.444 e. The number of fused-ring (bicyclic) bond motifs is 1. The Hall–Kier alpha value is -2.83. The van der Waals surface area contributed by atoms with E-state index < -0.39 is 5.60 Å². The van der Waals surface area contributed by atoms with Gasteiger partial charge in [-0.25, -0.2) is 4.79 Å². The van der Waals surface area contributed by atoms with E-state index in [-0.39, 0.29) is 30.0 Å². The van der Waals surface area contributed by atoms with Crippen LogP contribution >= 0.6 is 0 Å². The first-order valence-corrected chi connectivity index (χ1v) is 10.0. The lowest BCUT2D eigenvalue weighted by Crippen LogP contribution is -2.44. The van der Waals surface area contributed by atoms with Gasteiger partial charge in [0.2, 0.25) is 5.91 Å². The van der Waals surface area contributed by atoms with E-state index in [0.29, 0.717) is 31.5 Å². The minimum atomic E-state index is -0.531. The first-order valence-electron chi connectivity index (χ1n) is 10.0. The molecule has 0 atom stereocenters. The van der Waals surface area contributed by atoms with Crippen molar-refractivity contribution >= 4 is 22.9 Å². The number of carbonyl (C=O) groups is 2. The second-order valence-corrected chi connectivity index (χ2v) is 8.67. The Bertz CT molecular complexity index is 966. The molecular weight excluding hydrogens is 370 g/mol. The van der Waals surface area contributed by atoms with Gasteiger partial charge in [0.25, 0.3) is 5.56 Å². The summed E-state index contributed by atoms with van der Waals surface area (Å²) in [5.41, 5.74) is 1.70. The van der Waals surface area contributed by atoms with Gasteiger partial charge in [-0.05, 0) is 64.1 Å². The molecule has 7 nitrogen and oxygen atoms in total. The molecule has 29 heavy (non-hydrogen) atoms. The summed E-state index contributed by atoms with van der Waals surface area (Å²) in [6, 6.07) is 7.66. The summed E-state index contributed by atoms with van der Waals surface area (Å²) < 4.78 is 5.38. The highest BCUT2D eigenvalue weighted by Crippen LogP contribution is 2.20. The molecule has 0 saturated carbocycles. The third-order valence-electron chi connectivity index (χ3n) is 5.05. The van der Waals surface area contributed by atoms with E-state index in [9.17, 15) is 14.4 Å². The second kappa shape index (κ2) is 8.27. The molecule has 2 amide bonds. The number of amides is 2. The molecule has 0 spiro atoms. The number of pyridine rings is 1. The third kappa shape index (κ3) is 5.37. The maximum Gasteiger partial charge on any atom is 0.410 e. The molecule has 7 heteroatoms. The van der Waals surface area contributed by atoms with E-state index in [1.54, 1.807) is 4.90 Å². The van der Waals surface area contributed by atoms with Crippen molar-refractivity contribution in [2.24, 2.45) is 5.92 Å². The molecule has 1 aliphatic rings. The molecule has 1 saturated heterocycles. The summed E-state index contributed by atoms with van der Waals surface area (Å²) >= 11 is 0. The molecule has 3 rings (SSSR count). The smallest absolute Gasteiger partial charge is 0.410 e. The van der Waals surface area contributed by atoms with Crippen LogP contribution in [0.1, 0.15) is 44.7 Å². The number of ether oxygens (including phenoxy) is 1. The Kier molecular flexibility index (Phi) is 5.96. The Balaban J connectivity index is 1.55. The second-order valence-electron chi connectivity index (χ2n) is 8.67. The van der Waals surface area contributed by atoms with Crippen LogP contribution in [0.25, 0.3) is 10.9 Å². The Morgan fingerprint density at radius 1 is 1.21 bits per heavy atom. The first kappa shape index (κ1) is 20.9. The SMILES string of the molecule is Cc1ccc2[nH]c(=O)c(CNC(=O)C3CCN(C(=O)OC(C)(C)C)CC3)cc2c1. The van der Waals surface area contributed by atoms with Gasteiger partial charge in [0.15, 0.2) is 0 Å². The zero-order chi connectivity index (χ0) is 21.2. The molecule has 2 N–H and O–H groups in total. The number of hydrogen-bond acceptors (Lipinski definition) is 4. The predicted octanol–water partition coefficient (Wildman–Crippen LogP) is 3.10. The van der Waals surface area contributed by atoms with Crippen molar-refractivity contribution in [2.45, 2.75) is 52.7 Å². The van der Waals surface area contributed by atoms with Crippen molar-refractivity contribution in [2.75, 3.05) is 13.1 Å². The lowest BCUT2D eigenvalue weighted by molar-refractivity contribution is -0.126. The van der Waals surface area contributed by atoms with Crippen LogP contribution in [-0.2, 0) is 16.1 Å². The van der Waals surface area contributed by atoms with Crippen molar-refractivity contribution in [1.29, 1.82) is 0 Å². The fraction of sp³-hybridized carbons (Fsp3) is 0.500. The van der Waals surface area contributed by atoms with Gasteiger partial charge in [-0.3, -0.25) is 9.59 Å². The number of aryl methyl sites for hydroxylation is 1. The lowest BCUT2D eigenvalue weighted by Gasteiger charge is -2.32. The minimum Gasteiger partial charge on any atom is -0.444 e. The molecular formula is C22H29N3O4. The van der Waals surface area contributed by atoms with Crippen molar-refractivity contribution < 1.29 is 14.3 Å². The van der Waals surface area contributed by atoms with Crippen molar-refractivity contribution in [1.82, 2.24) is 15.2 Å². The number of likely N-dealkylation sites (tertiary alicyclic amines) is 1. The van der Waals surface area contributed by atoms with Crippen molar-refractivity contribution in [3.63, 3.8) is 0 Å². The topological polar surface area (TPSA) is 91.5 Å². The van der Waals surface area contributed by atoms with Gasteiger partial charge in [0.05, 0.1) is 0 Å². The van der Waals surface area contributed by atoms with E-state index in [1.165, 1.54) is 0 Å². The van der Waals surface area contributed by atoms with Crippen molar-refractivity contribution in [3.8, 4) is 0 Å². The maximum absolute atomic E-state index is 12.5. The summed E-state index contributed by atoms with van der Waals surface area (Å²) in [7, 11) is 0. The van der Waals surface area contributed by atoms with Crippen LogP contribution in [0, 0.1) is 12.8 Å². The highest BCUT2D eigenvalue weighted by Gasteiger charge is 2.29. The average Bonchev–Trinajstić information content (AvgIpc) is 2.65. The van der Waals surface area contributed by atoms with Crippen LogP contribution in [0.2, 0.25) is 0 Å². The Morgan fingerprint density at radius 2 is 1.90 bits per heavy atom. The molecule has 1 aliphatic heterocycles. The Labute approximate surface area is 170 Å². The molecule has 1 aromatic carbocycles. The van der Waals surface area contributed by atoms with Crippen LogP contribution in [0.4, 0.5) is 4.79 Å². The molecule has 156 valence electrons. The third-order valence-corrected chi connectivity index (χ3v) is 5.05. The number of H-pyrrole nitrogens is 1. The fourth-order valence-corrected chi connectivity index (χ4v) is 3.48. The summed E-state index contributed by atoms with van der Waals surface area (Å²) in [5.74, 6) is -0.256. The maximum atomic E-state index is 12.5. The minimum absolute atomic E-state index is 0.0856. The number of aromatic amines is 1. The quantitative estimate of drug-likeness (QED) is 0.830. The van der Waals surface area contributed by atoms with E-state index in [0.717, 1.165) is 16.5 Å². The van der Waals surface area contributed by atoms with E-state index in [1.807, 2.05) is 52.0 Å². The fourth-order valence-electron chi connectivity index (χ4n) is 3.48. The van der Waals surface area contributed by atoms with Crippen LogP contribution in [0.5, 0.6) is 0 Å². The van der Waals surface area contributed by atoms with Gasteiger partial charge in [0.1, 0.15) is 5.60 Å². The predicted molar refractivity (Wildman–Crippen MR) is 112 cm³/mol. The van der Waals surface area contributed by atoms with Crippen LogP contribution in [0.3, 0.4) is 0 Å². The van der Waals surface area contributed by atoms with Crippen LogP contribution < -0.4 is 10.9 Å². The summed E-state index contributed by atoms with van der Waals surface area (Å²) in [4.78, 5) is 41.5. The number of aromatic nitrogens is 1. The highest BCUT2D eigenvalue weighted by molar-refractivity contribution is 5.81. The highest BCUT2D eigenvalue weighted by atomic mass is 16.6. The molecule has 0 aliphatic carbocycles. The number of nitrogens with zero attached hydrogens (tertiary/aromatic N) is 1. The monoisotopic (exact) mass is 399 g/mol. The molecule has 1 fully saturated rings. The first-order chi connectivity index (χ1) is 13.6. The number of benzene rings is 1. The number of hydrogen-bond donors (Lipinski definition) is 2. The van der Waals surface area contributed by atoms with Gasteiger partial charge in [-0.15, -0.1) is 0 Å². The van der Waals surface area contributed by atoms with Gasteiger partial charge in [0, 0.05) is 36.6 Å². The average molecular weight is 399 g/mol. The van der Waals surface area contributed by atoms with Crippen LogP contribution in [-0.4, -0.2) is 40.6 Å². The normalized spacial score (nSPS) is 15.4. The number of nitrogens with one attached hydrogen (secondary N) is 2. The van der Waals surface area contributed by atoms with Gasteiger partial charge in [-0.2, -0.15) is 0 Å². The standard InChI is InChI=1S/C22H29N3O4/c1-14-5-6-18-16(11-14)12-17(20(27)24-18)13-23-19(26)15-7-9-25(10-8-15)21(28)29-22(2,3)4/h5-6,11-12,15H,7-10,13H2,1-4H3,(H,23,26)(H,24,27). The molecule has 2 aromatic rings. The van der Waals surface area contributed by atoms with E-state index in [2.05, 4.69) is 10.3 Å². The molecule has 0 radical (unpaired) electrons. The Morgan fingerprint density at radius 3 is 2.55 bits per heavy atom.